The van der Waals surface area contributed by atoms with Gasteiger partial charge in [0, 0.05) is 0 Å². The molecule has 0 radical (unpaired) electrons. The van der Waals surface area contributed by atoms with Crippen molar-refractivity contribution in [1.29, 1.82) is 0 Å². The Kier molecular flexibility index (Phi) is 9.95. The van der Waals surface area contributed by atoms with E-state index in [1.807, 2.05) is 77.8 Å². The highest BCUT2D eigenvalue weighted by Crippen LogP contribution is 2.47. The Labute approximate surface area is 266 Å². The minimum atomic E-state index is -0.911. The van der Waals surface area contributed by atoms with Gasteiger partial charge < -0.3 is 18.9 Å². The van der Waals surface area contributed by atoms with Crippen molar-refractivity contribution >= 4 is 29.2 Å². The molecule has 0 spiro atoms. The Hall–Kier alpha value is -3.25. The van der Waals surface area contributed by atoms with Crippen LogP contribution in [0.1, 0.15) is 35.4 Å². The van der Waals surface area contributed by atoms with E-state index in [1.54, 1.807) is 11.8 Å². The molecule has 44 heavy (non-hydrogen) atoms. The standard InChI is InChI=1S/C34H36N4O4S2/c1-34(41-22-26-17-11-6-12-18-26)29(27-19-35-31-32(43-2)36-33(44-3)37-38(27)31)42-28(23-39-20-24-13-7-4-8-14-24)30(34)40-21-25-15-9-5-10-16-25/h4-19,28-30H,20-23H2,1-3H3/t28-,29?,30-,34+/m1/s1. The number of ether oxygens (including phenoxy) is 4. The van der Waals surface area contributed by atoms with Crippen LogP contribution in [0.25, 0.3) is 5.65 Å². The second-order valence-electron chi connectivity index (χ2n) is 10.8. The summed E-state index contributed by atoms with van der Waals surface area (Å²) in [6, 6.07) is 30.5. The third-order valence-electron chi connectivity index (χ3n) is 7.78. The Bertz CT molecular complexity index is 1640. The number of imidazole rings is 1. The van der Waals surface area contributed by atoms with E-state index in [0.29, 0.717) is 37.2 Å². The number of nitrogens with zero attached hydrogens (tertiary/aromatic N) is 4. The first-order chi connectivity index (χ1) is 21.6. The van der Waals surface area contributed by atoms with Crippen LogP contribution in [0.2, 0.25) is 0 Å². The maximum absolute atomic E-state index is 6.89. The highest BCUT2D eigenvalue weighted by molar-refractivity contribution is 7.99. The fraction of sp³-hybridized carbons (Fsp3) is 0.324. The smallest absolute Gasteiger partial charge is 0.208 e. The number of thioether (sulfide) groups is 2. The highest BCUT2D eigenvalue weighted by atomic mass is 32.2. The maximum Gasteiger partial charge on any atom is 0.208 e. The molecule has 0 bridgehead atoms. The summed E-state index contributed by atoms with van der Waals surface area (Å²) in [5.41, 5.74) is 3.78. The van der Waals surface area contributed by atoms with Gasteiger partial charge >= 0.3 is 0 Å². The van der Waals surface area contributed by atoms with Gasteiger partial charge in [-0.25, -0.2) is 14.5 Å². The molecule has 228 valence electrons. The minimum absolute atomic E-state index is 0.326. The first kappa shape index (κ1) is 30.8. The molecule has 10 heteroatoms. The Balaban J connectivity index is 1.37. The Morgan fingerprint density at radius 1 is 0.818 bits per heavy atom. The van der Waals surface area contributed by atoms with Crippen molar-refractivity contribution in [2.75, 3.05) is 19.1 Å². The molecule has 5 aromatic rings. The molecule has 1 saturated heterocycles. The predicted octanol–water partition coefficient (Wildman–Crippen LogP) is 6.79. The minimum Gasteiger partial charge on any atom is -0.374 e. The normalized spacial score (nSPS) is 21.7. The van der Waals surface area contributed by atoms with Gasteiger partial charge in [0.2, 0.25) is 5.16 Å². The van der Waals surface area contributed by atoms with Gasteiger partial charge in [-0.15, -0.1) is 16.9 Å². The molecule has 0 N–H and O–H groups in total. The van der Waals surface area contributed by atoms with Gasteiger partial charge in [0.25, 0.3) is 0 Å². The molecule has 1 fully saturated rings. The first-order valence-electron chi connectivity index (χ1n) is 14.5. The third kappa shape index (κ3) is 6.71. The molecule has 8 nitrogen and oxygen atoms in total. The summed E-state index contributed by atoms with van der Waals surface area (Å²) >= 11 is 3.03. The van der Waals surface area contributed by atoms with Crippen LogP contribution in [0, 0.1) is 0 Å². The molecule has 1 unspecified atom stereocenters. The van der Waals surface area contributed by atoms with Crippen LogP contribution in [0.5, 0.6) is 0 Å². The number of fused-ring (bicyclic) bond motifs is 1. The van der Waals surface area contributed by atoms with Crippen LogP contribution in [0.15, 0.2) is 107 Å². The lowest BCUT2D eigenvalue weighted by molar-refractivity contribution is -0.148. The number of hydrogen-bond acceptors (Lipinski definition) is 9. The molecular weight excluding hydrogens is 593 g/mol. The average Bonchev–Trinajstić information content (AvgIpc) is 3.61. The molecule has 2 aromatic heterocycles. The fourth-order valence-corrected chi connectivity index (χ4v) is 6.42. The molecule has 0 saturated carbocycles. The molecule has 6 rings (SSSR count). The molecule has 4 atom stereocenters. The van der Waals surface area contributed by atoms with Gasteiger partial charge in [-0.2, -0.15) is 0 Å². The molecule has 0 amide bonds. The fourth-order valence-electron chi connectivity index (χ4n) is 5.52. The average molecular weight is 629 g/mol. The van der Waals surface area contributed by atoms with Crippen molar-refractivity contribution in [2.24, 2.45) is 0 Å². The van der Waals surface area contributed by atoms with E-state index in [9.17, 15) is 0 Å². The number of benzene rings is 3. The summed E-state index contributed by atoms with van der Waals surface area (Å²) in [5, 5.41) is 6.28. The molecule has 3 aromatic carbocycles. The lowest BCUT2D eigenvalue weighted by atomic mass is 9.90. The van der Waals surface area contributed by atoms with Crippen molar-refractivity contribution in [2.45, 2.75) is 60.8 Å². The highest BCUT2D eigenvalue weighted by Gasteiger charge is 2.57. The Morgan fingerprint density at radius 2 is 1.43 bits per heavy atom. The van der Waals surface area contributed by atoms with Crippen molar-refractivity contribution in [3.63, 3.8) is 0 Å². The second kappa shape index (κ2) is 14.2. The van der Waals surface area contributed by atoms with Gasteiger partial charge in [0.1, 0.15) is 28.9 Å². The zero-order valence-corrected chi connectivity index (χ0v) is 26.7. The van der Waals surface area contributed by atoms with Crippen LogP contribution < -0.4 is 0 Å². The van der Waals surface area contributed by atoms with Gasteiger partial charge in [-0.1, -0.05) is 103 Å². The predicted molar refractivity (Wildman–Crippen MR) is 173 cm³/mol. The summed E-state index contributed by atoms with van der Waals surface area (Å²) in [6.45, 7) is 3.66. The zero-order chi connectivity index (χ0) is 30.4. The van der Waals surface area contributed by atoms with E-state index < -0.39 is 23.9 Å². The zero-order valence-electron chi connectivity index (χ0n) is 25.0. The molecule has 1 aliphatic heterocycles. The summed E-state index contributed by atoms with van der Waals surface area (Å²) in [5.74, 6) is 0. The van der Waals surface area contributed by atoms with E-state index in [2.05, 4.69) is 48.3 Å². The van der Waals surface area contributed by atoms with E-state index in [1.165, 1.54) is 11.8 Å². The van der Waals surface area contributed by atoms with Gasteiger partial charge in [0.15, 0.2) is 5.65 Å². The van der Waals surface area contributed by atoms with E-state index >= 15 is 0 Å². The Morgan fingerprint density at radius 3 is 2.05 bits per heavy atom. The third-order valence-corrected chi connectivity index (χ3v) is 8.97. The van der Waals surface area contributed by atoms with Crippen molar-refractivity contribution < 1.29 is 18.9 Å². The number of aromatic nitrogens is 4. The molecule has 0 aliphatic carbocycles. The molecule has 1 aliphatic rings. The van der Waals surface area contributed by atoms with Crippen molar-refractivity contribution in [3.8, 4) is 0 Å². The number of hydrogen-bond donors (Lipinski definition) is 0. The topological polar surface area (TPSA) is 80.0 Å². The summed E-state index contributed by atoms with van der Waals surface area (Å²) in [6.07, 6.45) is 4.36. The van der Waals surface area contributed by atoms with Gasteiger partial charge in [-0.05, 0) is 36.1 Å². The largest absolute Gasteiger partial charge is 0.374 e. The van der Waals surface area contributed by atoms with Crippen LogP contribution in [0.3, 0.4) is 0 Å². The van der Waals surface area contributed by atoms with Gasteiger partial charge in [-0.3, -0.25) is 0 Å². The van der Waals surface area contributed by atoms with E-state index in [0.717, 1.165) is 27.4 Å². The van der Waals surface area contributed by atoms with Gasteiger partial charge in [0.05, 0.1) is 38.3 Å². The first-order valence-corrected chi connectivity index (χ1v) is 17.0. The summed E-state index contributed by atoms with van der Waals surface area (Å²) < 4.78 is 28.6. The van der Waals surface area contributed by atoms with Crippen LogP contribution in [-0.4, -0.2) is 56.5 Å². The summed E-state index contributed by atoms with van der Waals surface area (Å²) in [7, 11) is 0. The van der Waals surface area contributed by atoms with E-state index in [-0.39, 0.29) is 0 Å². The maximum atomic E-state index is 6.89. The monoisotopic (exact) mass is 628 g/mol. The molecular formula is C34H36N4O4S2. The summed E-state index contributed by atoms with van der Waals surface area (Å²) in [4.78, 5) is 9.41. The van der Waals surface area contributed by atoms with Crippen LogP contribution in [0.4, 0.5) is 0 Å². The lowest BCUT2D eigenvalue weighted by Crippen LogP contribution is -2.47. The molecule has 3 heterocycles. The van der Waals surface area contributed by atoms with Crippen LogP contribution in [-0.2, 0) is 38.8 Å². The van der Waals surface area contributed by atoms with Crippen LogP contribution >= 0.6 is 23.5 Å². The lowest BCUT2D eigenvalue weighted by Gasteiger charge is -2.35. The quantitative estimate of drug-likeness (QED) is 0.131. The second-order valence-corrected chi connectivity index (χ2v) is 12.3. The van der Waals surface area contributed by atoms with Crippen molar-refractivity contribution in [3.05, 3.63) is 120 Å². The SMILES string of the molecule is CSc1nc(SC)c2ncc(C3O[C@H](COCc4ccccc4)[C@@H](OCc4ccccc4)[C@@]3(C)OCc3ccccc3)n2n1. The van der Waals surface area contributed by atoms with E-state index in [4.69, 9.17) is 29.0 Å². The number of rotatable bonds is 13. The van der Waals surface area contributed by atoms with Crippen molar-refractivity contribution in [1.82, 2.24) is 19.6 Å².